The highest BCUT2D eigenvalue weighted by atomic mass is 16.5. The molecule has 4 nitrogen and oxygen atoms in total. The van der Waals surface area contributed by atoms with Crippen molar-refractivity contribution in [1.29, 1.82) is 0 Å². The first-order valence-corrected chi connectivity index (χ1v) is 7.53. The zero-order valence-electron chi connectivity index (χ0n) is 12.1. The predicted octanol–water partition coefficient (Wildman–Crippen LogP) is 2.73. The highest BCUT2D eigenvalue weighted by Crippen LogP contribution is 2.36. The third kappa shape index (κ3) is 2.21. The quantitative estimate of drug-likeness (QED) is 0.927. The van der Waals surface area contributed by atoms with Gasteiger partial charge in [-0.25, -0.2) is 0 Å². The fourth-order valence-electron chi connectivity index (χ4n) is 3.22. The normalized spacial score (nSPS) is 23.9. The van der Waals surface area contributed by atoms with Crippen LogP contribution in [0.2, 0.25) is 0 Å². The Balaban J connectivity index is 1.62. The molecule has 2 aliphatic heterocycles. The molecule has 0 aliphatic carbocycles. The molecule has 0 spiro atoms. The monoisotopic (exact) mass is 295 g/mol. The molecule has 1 amide bonds. The SMILES string of the molecule is O=C1Cc2ccccc2N1c1ccc([C@H]2C[C@H](O)CO2)cc1. The van der Waals surface area contributed by atoms with Crippen molar-refractivity contribution in [3.63, 3.8) is 0 Å². The number of anilines is 2. The molecule has 0 bridgehead atoms. The second-order valence-electron chi connectivity index (χ2n) is 5.84. The van der Waals surface area contributed by atoms with E-state index in [4.69, 9.17) is 4.74 Å². The second-order valence-corrected chi connectivity index (χ2v) is 5.84. The molecule has 1 saturated heterocycles. The Kier molecular flexibility index (Phi) is 3.21. The molecule has 2 aromatic carbocycles. The van der Waals surface area contributed by atoms with Crippen molar-refractivity contribution in [3.8, 4) is 0 Å². The van der Waals surface area contributed by atoms with E-state index in [1.54, 1.807) is 4.90 Å². The number of hydrogen-bond donors (Lipinski definition) is 1. The van der Waals surface area contributed by atoms with E-state index in [1.807, 2.05) is 48.5 Å². The van der Waals surface area contributed by atoms with Crippen molar-refractivity contribution in [3.05, 3.63) is 59.7 Å². The Morgan fingerprint density at radius 1 is 1.09 bits per heavy atom. The molecule has 22 heavy (non-hydrogen) atoms. The van der Waals surface area contributed by atoms with Gasteiger partial charge in [0, 0.05) is 12.1 Å². The van der Waals surface area contributed by atoms with Crippen LogP contribution in [0, 0.1) is 0 Å². The molecule has 2 heterocycles. The highest BCUT2D eigenvalue weighted by molar-refractivity contribution is 6.07. The number of rotatable bonds is 2. The lowest BCUT2D eigenvalue weighted by molar-refractivity contribution is -0.116. The number of para-hydroxylation sites is 1. The Morgan fingerprint density at radius 3 is 2.59 bits per heavy atom. The minimum atomic E-state index is -0.378. The standard InChI is InChI=1S/C18H17NO3/c20-15-10-17(22-11-15)12-5-7-14(8-6-12)19-16-4-2-1-3-13(16)9-18(19)21/h1-8,15,17,20H,9-11H2/t15-,17+/m0/s1. The van der Waals surface area contributed by atoms with Gasteiger partial charge in [-0.1, -0.05) is 30.3 Å². The summed E-state index contributed by atoms with van der Waals surface area (Å²) in [6.45, 7) is 0.393. The molecule has 4 rings (SSSR count). The van der Waals surface area contributed by atoms with Gasteiger partial charge in [0.1, 0.15) is 0 Å². The van der Waals surface area contributed by atoms with Gasteiger partial charge in [0.25, 0.3) is 0 Å². The summed E-state index contributed by atoms with van der Waals surface area (Å²) in [5, 5.41) is 9.55. The zero-order chi connectivity index (χ0) is 15.1. The van der Waals surface area contributed by atoms with Crippen LogP contribution >= 0.6 is 0 Å². The first kappa shape index (κ1) is 13.5. The van der Waals surface area contributed by atoms with Crippen LogP contribution in [0.1, 0.15) is 23.7 Å². The molecule has 0 saturated carbocycles. The average molecular weight is 295 g/mol. The van der Waals surface area contributed by atoms with Crippen molar-refractivity contribution in [2.24, 2.45) is 0 Å². The van der Waals surface area contributed by atoms with Crippen LogP contribution < -0.4 is 4.90 Å². The fraction of sp³-hybridized carbons (Fsp3) is 0.278. The summed E-state index contributed by atoms with van der Waals surface area (Å²) < 4.78 is 5.56. The number of hydrogen-bond acceptors (Lipinski definition) is 3. The summed E-state index contributed by atoms with van der Waals surface area (Å²) in [7, 11) is 0. The van der Waals surface area contributed by atoms with Gasteiger partial charge in [-0.05, 0) is 29.3 Å². The predicted molar refractivity (Wildman–Crippen MR) is 83.1 cm³/mol. The first-order valence-electron chi connectivity index (χ1n) is 7.53. The lowest BCUT2D eigenvalue weighted by Gasteiger charge is -2.18. The number of ether oxygens (including phenoxy) is 1. The van der Waals surface area contributed by atoms with Crippen molar-refractivity contribution >= 4 is 17.3 Å². The third-order valence-corrected chi connectivity index (χ3v) is 4.32. The van der Waals surface area contributed by atoms with Gasteiger partial charge in [0.2, 0.25) is 5.91 Å². The molecule has 2 aromatic rings. The molecular formula is C18H17NO3. The number of carbonyl (C=O) groups excluding carboxylic acids is 1. The van der Waals surface area contributed by atoms with E-state index in [0.29, 0.717) is 19.4 Å². The second kappa shape index (κ2) is 5.23. The van der Waals surface area contributed by atoms with E-state index < -0.39 is 0 Å². The minimum Gasteiger partial charge on any atom is -0.391 e. The minimum absolute atomic E-state index is 0.0504. The third-order valence-electron chi connectivity index (χ3n) is 4.32. The van der Waals surface area contributed by atoms with Crippen LogP contribution in [-0.2, 0) is 16.0 Å². The van der Waals surface area contributed by atoms with Crippen molar-refractivity contribution in [2.45, 2.75) is 25.0 Å². The van der Waals surface area contributed by atoms with Crippen LogP contribution in [0.15, 0.2) is 48.5 Å². The number of fused-ring (bicyclic) bond motifs is 1. The van der Waals surface area contributed by atoms with Gasteiger partial charge in [-0.3, -0.25) is 9.69 Å². The van der Waals surface area contributed by atoms with Gasteiger partial charge < -0.3 is 9.84 Å². The van der Waals surface area contributed by atoms with Crippen LogP contribution in [0.25, 0.3) is 0 Å². The van der Waals surface area contributed by atoms with Crippen molar-refractivity contribution in [1.82, 2.24) is 0 Å². The molecule has 0 aromatic heterocycles. The van der Waals surface area contributed by atoms with Crippen LogP contribution in [0.4, 0.5) is 11.4 Å². The van der Waals surface area contributed by atoms with E-state index in [9.17, 15) is 9.90 Å². The number of nitrogens with zero attached hydrogens (tertiary/aromatic N) is 1. The maximum absolute atomic E-state index is 12.3. The molecule has 1 fully saturated rings. The summed E-state index contributed by atoms with van der Waals surface area (Å²) in [4.78, 5) is 14.1. The van der Waals surface area contributed by atoms with Gasteiger partial charge in [-0.15, -0.1) is 0 Å². The van der Waals surface area contributed by atoms with E-state index in [0.717, 1.165) is 22.5 Å². The summed E-state index contributed by atoms with van der Waals surface area (Å²) in [5.74, 6) is 0.0986. The van der Waals surface area contributed by atoms with E-state index >= 15 is 0 Å². The van der Waals surface area contributed by atoms with E-state index in [2.05, 4.69) is 0 Å². The molecular weight excluding hydrogens is 278 g/mol. The molecule has 0 radical (unpaired) electrons. The highest BCUT2D eigenvalue weighted by Gasteiger charge is 2.29. The van der Waals surface area contributed by atoms with Crippen molar-refractivity contribution in [2.75, 3.05) is 11.5 Å². The summed E-state index contributed by atoms with van der Waals surface area (Å²) in [6, 6.07) is 15.7. The lowest BCUT2D eigenvalue weighted by atomic mass is 10.1. The number of benzene rings is 2. The smallest absolute Gasteiger partial charge is 0.236 e. The van der Waals surface area contributed by atoms with E-state index in [-0.39, 0.29) is 18.1 Å². The topological polar surface area (TPSA) is 49.8 Å². The Bertz CT molecular complexity index is 711. The summed E-state index contributed by atoms with van der Waals surface area (Å²) in [6.07, 6.45) is 0.656. The summed E-state index contributed by atoms with van der Waals surface area (Å²) >= 11 is 0. The van der Waals surface area contributed by atoms with Gasteiger partial charge in [0.15, 0.2) is 0 Å². The maximum Gasteiger partial charge on any atom is 0.236 e. The molecule has 4 heteroatoms. The van der Waals surface area contributed by atoms with Crippen LogP contribution in [0.3, 0.4) is 0 Å². The zero-order valence-corrected chi connectivity index (χ0v) is 12.1. The average Bonchev–Trinajstić information content (AvgIpc) is 3.10. The van der Waals surface area contributed by atoms with Gasteiger partial charge in [0.05, 0.1) is 30.9 Å². The largest absolute Gasteiger partial charge is 0.391 e. The number of carbonyl (C=O) groups is 1. The maximum atomic E-state index is 12.3. The number of amides is 1. The van der Waals surface area contributed by atoms with Gasteiger partial charge in [-0.2, -0.15) is 0 Å². The number of aliphatic hydroxyl groups is 1. The Labute approximate surface area is 128 Å². The van der Waals surface area contributed by atoms with Crippen molar-refractivity contribution < 1.29 is 14.6 Å². The molecule has 2 aliphatic rings. The Morgan fingerprint density at radius 2 is 1.86 bits per heavy atom. The molecule has 1 N–H and O–H groups in total. The first-order chi connectivity index (χ1) is 10.7. The lowest BCUT2D eigenvalue weighted by Crippen LogP contribution is -2.20. The molecule has 0 unspecified atom stereocenters. The van der Waals surface area contributed by atoms with Gasteiger partial charge >= 0.3 is 0 Å². The number of aliphatic hydroxyl groups excluding tert-OH is 1. The van der Waals surface area contributed by atoms with E-state index in [1.165, 1.54) is 0 Å². The van der Waals surface area contributed by atoms with Crippen LogP contribution in [-0.4, -0.2) is 23.7 Å². The fourth-order valence-corrected chi connectivity index (χ4v) is 3.22. The molecule has 2 atom stereocenters. The van der Waals surface area contributed by atoms with Crippen LogP contribution in [0.5, 0.6) is 0 Å². The summed E-state index contributed by atoms with van der Waals surface area (Å²) in [5.41, 5.74) is 3.95. The Hall–Kier alpha value is -2.17. The molecule has 112 valence electrons.